The van der Waals surface area contributed by atoms with Gasteiger partial charge in [0.1, 0.15) is 0 Å². The van der Waals surface area contributed by atoms with Crippen molar-refractivity contribution in [2.45, 2.75) is 18.1 Å². The maximum Gasteiger partial charge on any atom is 0.231 e. The third kappa shape index (κ3) is 3.79. The molecule has 0 saturated carbocycles. The molecule has 2 aromatic rings. The summed E-state index contributed by atoms with van der Waals surface area (Å²) in [6, 6.07) is 13.7. The van der Waals surface area contributed by atoms with Gasteiger partial charge in [0.25, 0.3) is 0 Å². The van der Waals surface area contributed by atoms with Crippen molar-refractivity contribution in [1.29, 1.82) is 0 Å². The zero-order chi connectivity index (χ0) is 17.9. The van der Waals surface area contributed by atoms with Crippen molar-refractivity contribution >= 4 is 29.3 Å². The topological polar surface area (TPSA) is 38.8 Å². The second kappa shape index (κ2) is 7.80. The molecule has 0 radical (unpaired) electrons. The smallest absolute Gasteiger partial charge is 0.231 e. The first kappa shape index (κ1) is 17.6. The summed E-state index contributed by atoms with van der Waals surface area (Å²) in [6.45, 7) is 1.78. The molecular formula is C20H20ClNO3S. The molecule has 4 rings (SSSR count). The first-order valence-electron chi connectivity index (χ1n) is 8.73. The Morgan fingerprint density at radius 1 is 1.15 bits per heavy atom. The summed E-state index contributed by atoms with van der Waals surface area (Å²) >= 11 is 8.23. The fourth-order valence-corrected chi connectivity index (χ4v) is 4.94. The number of ether oxygens (including phenoxy) is 2. The normalized spacial score (nSPS) is 19.3. The Hall–Kier alpha value is -1.85. The van der Waals surface area contributed by atoms with Gasteiger partial charge in [-0.3, -0.25) is 4.79 Å². The minimum Gasteiger partial charge on any atom is -0.454 e. The zero-order valence-corrected chi connectivity index (χ0v) is 15.9. The number of nitrogens with zero attached hydrogens (tertiary/aromatic N) is 1. The average Bonchev–Trinajstić information content (AvgIpc) is 2.97. The molecule has 0 aliphatic carbocycles. The van der Waals surface area contributed by atoms with E-state index < -0.39 is 0 Å². The van der Waals surface area contributed by atoms with Crippen molar-refractivity contribution in [2.75, 3.05) is 25.6 Å². The predicted molar refractivity (Wildman–Crippen MR) is 104 cm³/mol. The monoisotopic (exact) mass is 389 g/mol. The maximum atomic E-state index is 12.7. The second-order valence-electron chi connectivity index (χ2n) is 6.41. The number of halogens is 1. The number of amides is 1. The number of thioether (sulfide) groups is 1. The number of hydrogen-bond acceptors (Lipinski definition) is 4. The van der Waals surface area contributed by atoms with Gasteiger partial charge in [-0.25, -0.2) is 0 Å². The Labute approximate surface area is 162 Å². The molecule has 2 aromatic carbocycles. The third-order valence-corrected chi connectivity index (χ3v) is 6.39. The van der Waals surface area contributed by atoms with Crippen LogP contribution in [0.5, 0.6) is 11.5 Å². The molecule has 26 heavy (non-hydrogen) atoms. The van der Waals surface area contributed by atoms with Crippen LogP contribution in [0.25, 0.3) is 0 Å². The highest BCUT2D eigenvalue weighted by Gasteiger charge is 2.24. The number of fused-ring (bicyclic) bond motifs is 1. The van der Waals surface area contributed by atoms with Gasteiger partial charge in [-0.05, 0) is 35.7 Å². The van der Waals surface area contributed by atoms with E-state index in [1.54, 1.807) is 0 Å². The quantitative estimate of drug-likeness (QED) is 0.783. The summed E-state index contributed by atoms with van der Waals surface area (Å²) < 4.78 is 10.7. The summed E-state index contributed by atoms with van der Waals surface area (Å²) in [5.41, 5.74) is 2.13. The highest BCUT2D eigenvalue weighted by Crippen LogP contribution is 2.38. The molecule has 0 spiro atoms. The third-order valence-electron chi connectivity index (χ3n) is 4.74. The van der Waals surface area contributed by atoms with Crippen LogP contribution in [0.15, 0.2) is 42.5 Å². The van der Waals surface area contributed by atoms with Gasteiger partial charge in [0.2, 0.25) is 12.7 Å². The molecule has 4 nitrogen and oxygen atoms in total. The van der Waals surface area contributed by atoms with Crippen LogP contribution in [0, 0.1) is 0 Å². The van der Waals surface area contributed by atoms with E-state index in [0.717, 1.165) is 47.3 Å². The van der Waals surface area contributed by atoms with E-state index in [2.05, 4.69) is 6.07 Å². The van der Waals surface area contributed by atoms with Crippen molar-refractivity contribution in [3.63, 3.8) is 0 Å². The van der Waals surface area contributed by atoms with E-state index in [1.165, 1.54) is 5.56 Å². The lowest BCUT2D eigenvalue weighted by Crippen LogP contribution is -2.34. The Morgan fingerprint density at radius 2 is 2.00 bits per heavy atom. The Kier molecular flexibility index (Phi) is 5.27. The molecule has 0 bridgehead atoms. The van der Waals surface area contributed by atoms with Crippen LogP contribution in [0.3, 0.4) is 0 Å². The fraction of sp³-hybridized carbons (Fsp3) is 0.350. The highest BCUT2D eigenvalue weighted by molar-refractivity contribution is 7.99. The van der Waals surface area contributed by atoms with Crippen molar-refractivity contribution < 1.29 is 14.3 Å². The molecule has 1 amide bonds. The number of carbonyl (C=O) groups excluding carboxylic acids is 1. The van der Waals surface area contributed by atoms with E-state index in [0.29, 0.717) is 11.7 Å². The van der Waals surface area contributed by atoms with Gasteiger partial charge >= 0.3 is 0 Å². The molecule has 1 fully saturated rings. The van der Waals surface area contributed by atoms with Gasteiger partial charge in [0.15, 0.2) is 11.5 Å². The molecular weight excluding hydrogens is 370 g/mol. The minimum absolute atomic E-state index is 0.157. The summed E-state index contributed by atoms with van der Waals surface area (Å²) in [5, 5.41) is 1.15. The lowest BCUT2D eigenvalue weighted by Gasteiger charge is -2.20. The van der Waals surface area contributed by atoms with E-state index in [9.17, 15) is 4.79 Å². The Bertz CT molecular complexity index is 813. The number of hydrogen-bond donors (Lipinski definition) is 0. The standard InChI is InChI=1S/C20H20ClNO3S/c21-16-4-2-1-3-15(16)19-7-8-22(9-10-26-19)20(23)12-14-5-6-17-18(11-14)25-13-24-17/h1-6,11,19H,7-10,12-13H2/t19-/m1/s1. The molecule has 0 aromatic heterocycles. The molecule has 2 heterocycles. The fourth-order valence-electron chi connectivity index (χ4n) is 3.34. The van der Waals surface area contributed by atoms with Gasteiger partial charge < -0.3 is 14.4 Å². The Balaban J connectivity index is 1.39. The van der Waals surface area contributed by atoms with Crippen molar-refractivity contribution in [3.8, 4) is 11.5 Å². The number of rotatable bonds is 3. The van der Waals surface area contributed by atoms with Gasteiger partial charge in [0, 0.05) is 29.1 Å². The van der Waals surface area contributed by atoms with Crippen LogP contribution in [0.1, 0.15) is 22.8 Å². The van der Waals surface area contributed by atoms with E-state index >= 15 is 0 Å². The van der Waals surface area contributed by atoms with E-state index in [-0.39, 0.29) is 12.7 Å². The second-order valence-corrected chi connectivity index (χ2v) is 8.13. The number of benzene rings is 2. The Morgan fingerprint density at radius 3 is 2.88 bits per heavy atom. The largest absolute Gasteiger partial charge is 0.454 e. The molecule has 136 valence electrons. The SMILES string of the molecule is O=C(Cc1ccc2c(c1)OCO2)N1CCS[C@@H](c2ccccc2Cl)CC1. The predicted octanol–water partition coefficient (Wildman–Crippen LogP) is 4.32. The molecule has 2 aliphatic rings. The van der Waals surface area contributed by atoms with Crippen LogP contribution >= 0.6 is 23.4 Å². The summed E-state index contributed by atoms with van der Waals surface area (Å²) in [6.07, 6.45) is 1.30. The molecule has 0 unspecified atom stereocenters. The molecule has 6 heteroatoms. The van der Waals surface area contributed by atoms with Crippen LogP contribution in [-0.2, 0) is 11.2 Å². The van der Waals surface area contributed by atoms with Gasteiger partial charge in [-0.2, -0.15) is 11.8 Å². The highest BCUT2D eigenvalue weighted by atomic mass is 35.5. The lowest BCUT2D eigenvalue weighted by molar-refractivity contribution is -0.130. The zero-order valence-electron chi connectivity index (χ0n) is 14.3. The van der Waals surface area contributed by atoms with Crippen molar-refractivity contribution in [3.05, 3.63) is 58.6 Å². The number of carbonyl (C=O) groups is 1. The minimum atomic E-state index is 0.157. The van der Waals surface area contributed by atoms with Crippen LogP contribution in [0.4, 0.5) is 0 Å². The molecule has 1 atom stereocenters. The maximum absolute atomic E-state index is 12.7. The average molecular weight is 390 g/mol. The molecule has 0 N–H and O–H groups in total. The molecule has 2 aliphatic heterocycles. The van der Waals surface area contributed by atoms with Crippen molar-refractivity contribution in [1.82, 2.24) is 4.90 Å². The van der Waals surface area contributed by atoms with Gasteiger partial charge in [0.05, 0.1) is 6.42 Å². The van der Waals surface area contributed by atoms with Crippen molar-refractivity contribution in [2.24, 2.45) is 0 Å². The van der Waals surface area contributed by atoms with Gasteiger partial charge in [-0.1, -0.05) is 35.9 Å². The summed E-state index contributed by atoms with van der Waals surface area (Å²) in [4.78, 5) is 14.7. The van der Waals surface area contributed by atoms with Crippen LogP contribution < -0.4 is 9.47 Å². The molecule has 1 saturated heterocycles. The van der Waals surface area contributed by atoms with E-state index in [1.807, 2.05) is 53.1 Å². The summed E-state index contributed by atoms with van der Waals surface area (Å²) in [7, 11) is 0. The van der Waals surface area contributed by atoms with Crippen LogP contribution in [0.2, 0.25) is 5.02 Å². The summed E-state index contributed by atoms with van der Waals surface area (Å²) in [5.74, 6) is 2.54. The van der Waals surface area contributed by atoms with Gasteiger partial charge in [-0.15, -0.1) is 0 Å². The van der Waals surface area contributed by atoms with Crippen LogP contribution in [-0.4, -0.2) is 36.4 Å². The first-order chi connectivity index (χ1) is 12.7. The van der Waals surface area contributed by atoms with E-state index in [4.69, 9.17) is 21.1 Å². The lowest BCUT2D eigenvalue weighted by atomic mass is 10.1. The first-order valence-corrected chi connectivity index (χ1v) is 10.2.